The van der Waals surface area contributed by atoms with Crippen LogP contribution in [0, 0.1) is 0 Å². The van der Waals surface area contributed by atoms with Gasteiger partial charge in [-0.2, -0.15) is 12.6 Å². The Kier molecular flexibility index (Phi) is 3.48. The van der Waals surface area contributed by atoms with Crippen LogP contribution in [-0.2, 0) is 5.75 Å². The lowest BCUT2D eigenvalue weighted by Crippen LogP contribution is -2.04. The van der Waals surface area contributed by atoms with E-state index in [0.717, 1.165) is 11.3 Å². The molecule has 0 aliphatic heterocycles. The molecule has 2 nitrogen and oxygen atoms in total. The highest BCUT2D eigenvalue weighted by atomic mass is 32.1. The molecule has 0 fully saturated rings. The van der Waals surface area contributed by atoms with E-state index >= 15 is 0 Å². The molecule has 0 aliphatic carbocycles. The van der Waals surface area contributed by atoms with Crippen LogP contribution in [0.15, 0.2) is 18.2 Å². The Hall–Kier alpha value is -0.960. The summed E-state index contributed by atoms with van der Waals surface area (Å²) >= 11 is 4.37. The Morgan fingerprint density at radius 2 is 1.94 bits per heavy atom. The fourth-order valence-electron chi connectivity index (χ4n) is 2.21. The molecule has 3 heteroatoms. The van der Waals surface area contributed by atoms with Crippen molar-refractivity contribution in [2.45, 2.75) is 45.4 Å². The normalized spacial score (nSPS) is 11.9. The van der Waals surface area contributed by atoms with Gasteiger partial charge in [-0.25, -0.2) is 4.98 Å². The van der Waals surface area contributed by atoms with E-state index in [4.69, 9.17) is 0 Å². The molecular formula is C14H20N2S. The topological polar surface area (TPSA) is 17.8 Å². The second kappa shape index (κ2) is 4.73. The molecule has 0 atom stereocenters. The van der Waals surface area contributed by atoms with Gasteiger partial charge in [0.05, 0.1) is 11.0 Å². The number of aromatic nitrogens is 2. The van der Waals surface area contributed by atoms with E-state index in [-0.39, 0.29) is 0 Å². The second-order valence-corrected chi connectivity index (χ2v) is 5.37. The maximum absolute atomic E-state index is 4.68. The van der Waals surface area contributed by atoms with E-state index < -0.39 is 0 Å². The number of imidazole rings is 1. The minimum absolute atomic E-state index is 0.423. The van der Waals surface area contributed by atoms with Crippen molar-refractivity contribution < 1.29 is 0 Å². The van der Waals surface area contributed by atoms with E-state index in [9.17, 15) is 0 Å². The van der Waals surface area contributed by atoms with E-state index in [2.05, 4.69) is 68.1 Å². The van der Waals surface area contributed by atoms with Gasteiger partial charge in [-0.1, -0.05) is 19.9 Å². The third-order valence-corrected chi connectivity index (χ3v) is 3.39. The molecule has 0 bridgehead atoms. The molecule has 1 aromatic carbocycles. The van der Waals surface area contributed by atoms with Crippen molar-refractivity contribution >= 4 is 23.7 Å². The molecule has 0 saturated heterocycles. The Morgan fingerprint density at radius 3 is 2.47 bits per heavy atom. The summed E-state index contributed by atoms with van der Waals surface area (Å²) in [5.41, 5.74) is 3.65. The van der Waals surface area contributed by atoms with Crippen molar-refractivity contribution in [3.8, 4) is 0 Å². The molecule has 2 aromatic rings. The average Bonchev–Trinajstić information content (AvgIpc) is 2.65. The highest BCUT2D eigenvalue weighted by Crippen LogP contribution is 2.25. The van der Waals surface area contributed by atoms with E-state index in [1.165, 1.54) is 11.1 Å². The molecule has 0 N–H and O–H groups in total. The van der Waals surface area contributed by atoms with E-state index in [1.54, 1.807) is 0 Å². The minimum atomic E-state index is 0.423. The van der Waals surface area contributed by atoms with Crippen molar-refractivity contribution in [2.75, 3.05) is 0 Å². The van der Waals surface area contributed by atoms with Crippen molar-refractivity contribution in [1.82, 2.24) is 9.55 Å². The van der Waals surface area contributed by atoms with Crippen LogP contribution < -0.4 is 0 Å². The Labute approximate surface area is 108 Å². The lowest BCUT2D eigenvalue weighted by Gasteiger charge is -2.12. The van der Waals surface area contributed by atoms with Gasteiger partial charge >= 0.3 is 0 Å². The van der Waals surface area contributed by atoms with Crippen molar-refractivity contribution in [1.29, 1.82) is 0 Å². The third kappa shape index (κ3) is 2.21. The molecule has 0 unspecified atom stereocenters. The average molecular weight is 248 g/mol. The lowest BCUT2D eigenvalue weighted by molar-refractivity contribution is 0.598. The van der Waals surface area contributed by atoms with Gasteiger partial charge in [-0.05, 0) is 37.5 Å². The van der Waals surface area contributed by atoms with Crippen LogP contribution >= 0.6 is 12.6 Å². The number of nitrogens with zero attached hydrogens (tertiary/aromatic N) is 2. The monoisotopic (exact) mass is 248 g/mol. The van der Waals surface area contributed by atoms with Gasteiger partial charge in [0.1, 0.15) is 5.82 Å². The smallest absolute Gasteiger partial charge is 0.119 e. The van der Waals surface area contributed by atoms with Gasteiger partial charge in [0.2, 0.25) is 0 Å². The molecular weight excluding hydrogens is 228 g/mol. The molecule has 0 saturated carbocycles. The van der Waals surface area contributed by atoms with E-state index in [0.29, 0.717) is 17.7 Å². The zero-order valence-electron chi connectivity index (χ0n) is 10.9. The van der Waals surface area contributed by atoms with Crippen LogP contribution in [0.5, 0.6) is 0 Å². The summed E-state index contributed by atoms with van der Waals surface area (Å²) in [7, 11) is 0. The predicted molar refractivity (Wildman–Crippen MR) is 76.9 cm³/mol. The summed E-state index contributed by atoms with van der Waals surface area (Å²) in [6, 6.07) is 7.01. The molecule has 17 heavy (non-hydrogen) atoms. The highest BCUT2D eigenvalue weighted by molar-refractivity contribution is 7.79. The molecule has 1 aromatic heterocycles. The van der Waals surface area contributed by atoms with Crippen LogP contribution in [0.2, 0.25) is 0 Å². The van der Waals surface area contributed by atoms with Crippen LogP contribution in [-0.4, -0.2) is 9.55 Å². The first-order valence-electron chi connectivity index (χ1n) is 6.16. The number of hydrogen-bond donors (Lipinski definition) is 1. The van der Waals surface area contributed by atoms with Crippen molar-refractivity contribution in [3.63, 3.8) is 0 Å². The van der Waals surface area contributed by atoms with Gasteiger partial charge in [-0.3, -0.25) is 0 Å². The Morgan fingerprint density at radius 1 is 1.24 bits per heavy atom. The maximum atomic E-state index is 4.68. The van der Waals surface area contributed by atoms with Gasteiger partial charge in [0.25, 0.3) is 0 Å². The second-order valence-electron chi connectivity index (χ2n) is 5.05. The standard InChI is InChI=1S/C14H20N2S/c1-9(2)11-5-6-13-12(7-11)15-14(8-17)16(13)10(3)4/h5-7,9-10,17H,8H2,1-4H3. The van der Waals surface area contributed by atoms with Gasteiger partial charge in [0.15, 0.2) is 0 Å². The molecule has 0 amide bonds. The molecule has 0 spiro atoms. The van der Waals surface area contributed by atoms with Crippen LogP contribution in [0.4, 0.5) is 0 Å². The largest absolute Gasteiger partial charge is 0.325 e. The van der Waals surface area contributed by atoms with Gasteiger partial charge < -0.3 is 4.57 Å². The van der Waals surface area contributed by atoms with E-state index in [1.807, 2.05) is 0 Å². The highest BCUT2D eigenvalue weighted by Gasteiger charge is 2.12. The Bertz CT molecular complexity index is 526. The fraction of sp³-hybridized carbons (Fsp3) is 0.500. The quantitative estimate of drug-likeness (QED) is 0.807. The molecule has 0 aliphatic rings. The molecule has 92 valence electrons. The Balaban J connectivity index is 2.65. The third-order valence-electron chi connectivity index (χ3n) is 3.11. The summed E-state index contributed by atoms with van der Waals surface area (Å²) in [6.45, 7) is 8.79. The zero-order valence-corrected chi connectivity index (χ0v) is 11.8. The lowest BCUT2D eigenvalue weighted by atomic mass is 10.0. The maximum Gasteiger partial charge on any atom is 0.119 e. The van der Waals surface area contributed by atoms with Crippen LogP contribution in [0.3, 0.4) is 0 Å². The fourth-order valence-corrected chi connectivity index (χ4v) is 2.44. The SMILES string of the molecule is CC(C)c1ccc2c(c1)nc(CS)n2C(C)C. The first kappa shape index (κ1) is 12.5. The number of hydrogen-bond acceptors (Lipinski definition) is 2. The first-order chi connectivity index (χ1) is 8.04. The van der Waals surface area contributed by atoms with Crippen molar-refractivity contribution in [2.24, 2.45) is 0 Å². The first-order valence-corrected chi connectivity index (χ1v) is 6.79. The summed E-state index contributed by atoms with van der Waals surface area (Å²) in [5, 5.41) is 0. The van der Waals surface area contributed by atoms with Gasteiger partial charge in [0, 0.05) is 11.8 Å². The minimum Gasteiger partial charge on any atom is -0.325 e. The van der Waals surface area contributed by atoms with Crippen LogP contribution in [0.25, 0.3) is 11.0 Å². The predicted octanol–water partition coefficient (Wildman–Crippen LogP) is 4.17. The summed E-state index contributed by atoms with van der Waals surface area (Å²) in [4.78, 5) is 4.68. The summed E-state index contributed by atoms with van der Waals surface area (Å²) in [5.74, 6) is 2.28. The molecule has 0 radical (unpaired) electrons. The number of benzene rings is 1. The van der Waals surface area contributed by atoms with Gasteiger partial charge in [-0.15, -0.1) is 0 Å². The summed E-state index contributed by atoms with van der Waals surface area (Å²) in [6.07, 6.45) is 0. The number of thiol groups is 1. The number of fused-ring (bicyclic) bond motifs is 1. The van der Waals surface area contributed by atoms with Crippen molar-refractivity contribution in [3.05, 3.63) is 29.6 Å². The zero-order chi connectivity index (χ0) is 12.6. The number of rotatable bonds is 3. The molecule has 1 heterocycles. The molecule has 2 rings (SSSR count). The van der Waals surface area contributed by atoms with Crippen LogP contribution in [0.1, 0.15) is 51.0 Å². The summed E-state index contributed by atoms with van der Waals surface area (Å²) < 4.78 is 2.27.